The number of furan rings is 1. The van der Waals surface area contributed by atoms with E-state index >= 15 is 0 Å². The molecule has 12 heteroatoms. The number of aromatic hydroxyl groups is 1. The Morgan fingerprint density at radius 1 is 1.22 bits per heavy atom. The Kier molecular flexibility index (Phi) is 6.93. The molecule has 0 bridgehead atoms. The number of benzene rings is 1. The molecule has 1 amide bonds. The number of hydrogen-bond acceptors (Lipinski definition) is 7. The van der Waals surface area contributed by atoms with E-state index in [1.54, 1.807) is 0 Å². The smallest absolute Gasteiger partial charge is 0.323 e. The van der Waals surface area contributed by atoms with Crippen molar-refractivity contribution in [1.82, 2.24) is 10.2 Å². The summed E-state index contributed by atoms with van der Waals surface area (Å²) in [7, 11) is 1.32. The summed E-state index contributed by atoms with van der Waals surface area (Å²) in [6, 6.07) is 7.80. The second-order valence-corrected chi connectivity index (χ2v) is 7.87. The summed E-state index contributed by atoms with van der Waals surface area (Å²) in [5.41, 5.74) is 0.0241. The second-order valence-electron chi connectivity index (χ2n) is 7.05. The number of phenols is 1. The SMILES string of the molecule is CC[C@@H](NC1=NS(=O)N=C1Nc1cccc(C(=O)N(C)CC(=O)O)c1O)c1ccc(C)o1. The van der Waals surface area contributed by atoms with Gasteiger partial charge in [-0.1, -0.05) is 13.0 Å². The molecule has 2 atom stereocenters. The fourth-order valence-corrected chi connectivity index (χ4v) is 3.67. The molecule has 0 aliphatic carbocycles. The van der Waals surface area contributed by atoms with Gasteiger partial charge >= 0.3 is 5.97 Å². The van der Waals surface area contributed by atoms with Crippen molar-refractivity contribution >= 4 is 40.4 Å². The van der Waals surface area contributed by atoms with Crippen LogP contribution in [0.15, 0.2) is 43.5 Å². The largest absolute Gasteiger partial charge is 0.505 e. The van der Waals surface area contributed by atoms with Crippen molar-refractivity contribution in [2.45, 2.75) is 26.3 Å². The molecule has 0 saturated heterocycles. The molecule has 1 aliphatic heterocycles. The van der Waals surface area contributed by atoms with Gasteiger partial charge in [0.1, 0.15) is 18.1 Å². The van der Waals surface area contributed by atoms with Crippen LogP contribution in [0.25, 0.3) is 0 Å². The number of carbonyl (C=O) groups excluding carboxylic acids is 1. The van der Waals surface area contributed by atoms with Gasteiger partial charge in [-0.15, -0.1) is 8.80 Å². The number of rotatable bonds is 7. The number of carboxylic acid groups (broad SMARTS) is 1. The van der Waals surface area contributed by atoms with Crippen molar-refractivity contribution in [3.63, 3.8) is 0 Å². The number of carboxylic acids is 1. The molecule has 170 valence electrons. The zero-order chi connectivity index (χ0) is 23.4. The van der Waals surface area contributed by atoms with Crippen LogP contribution in [0.1, 0.15) is 41.3 Å². The number of hydrogen-bond donors (Lipinski definition) is 4. The van der Waals surface area contributed by atoms with Crippen molar-refractivity contribution in [3.8, 4) is 5.75 Å². The normalized spacial score (nSPS) is 16.2. The third-order valence-electron chi connectivity index (χ3n) is 4.63. The lowest BCUT2D eigenvalue weighted by molar-refractivity contribution is -0.137. The number of amidine groups is 2. The van der Waals surface area contributed by atoms with Gasteiger partial charge in [-0.3, -0.25) is 9.59 Å². The first-order valence-corrected chi connectivity index (χ1v) is 10.7. The van der Waals surface area contributed by atoms with Gasteiger partial charge < -0.3 is 30.2 Å². The third-order valence-corrected chi connectivity index (χ3v) is 5.30. The molecular formula is C20H23N5O6S. The van der Waals surface area contributed by atoms with Crippen molar-refractivity contribution in [3.05, 3.63) is 47.4 Å². The Morgan fingerprint density at radius 2 is 1.94 bits per heavy atom. The number of aryl methyl sites for hydroxylation is 1. The van der Waals surface area contributed by atoms with E-state index in [9.17, 15) is 18.9 Å². The molecule has 32 heavy (non-hydrogen) atoms. The molecule has 2 aromatic rings. The predicted octanol–water partition coefficient (Wildman–Crippen LogP) is 1.99. The summed E-state index contributed by atoms with van der Waals surface area (Å²) >= 11 is -1.86. The van der Waals surface area contributed by atoms with E-state index in [2.05, 4.69) is 19.4 Å². The van der Waals surface area contributed by atoms with Crippen LogP contribution in [0.3, 0.4) is 0 Å². The highest BCUT2D eigenvalue weighted by Gasteiger charge is 2.26. The number of anilines is 1. The van der Waals surface area contributed by atoms with Crippen LogP contribution >= 0.6 is 0 Å². The van der Waals surface area contributed by atoms with Gasteiger partial charge in [0, 0.05) is 7.05 Å². The van der Waals surface area contributed by atoms with Crippen molar-refractivity contribution in [2.75, 3.05) is 18.9 Å². The molecule has 0 radical (unpaired) electrons. The molecule has 0 saturated carbocycles. The second kappa shape index (κ2) is 9.64. The molecule has 4 N–H and O–H groups in total. The molecule has 0 spiro atoms. The van der Waals surface area contributed by atoms with Crippen LogP contribution < -0.4 is 10.6 Å². The molecular weight excluding hydrogens is 438 g/mol. The fourth-order valence-electron chi connectivity index (χ4n) is 3.04. The maximum absolute atomic E-state index is 12.5. The summed E-state index contributed by atoms with van der Waals surface area (Å²) in [5, 5.41) is 25.5. The summed E-state index contributed by atoms with van der Waals surface area (Å²) < 4.78 is 25.6. The van der Waals surface area contributed by atoms with E-state index < -0.39 is 35.3 Å². The standard InChI is InChI=1S/C20H23N5O6S/c1-4-13(15-9-8-11(2)31-15)21-18-19(24-32(30)23-18)22-14-7-5-6-12(17(14)28)20(29)25(3)10-16(26)27/h5-9,13,28H,4,10H2,1-3H3,(H,21,23)(H,22,24)(H,26,27)/t13-,32?/m1/s1. The van der Waals surface area contributed by atoms with Crippen LogP contribution in [0.5, 0.6) is 5.75 Å². The van der Waals surface area contributed by atoms with Gasteiger partial charge in [0.15, 0.2) is 17.4 Å². The Balaban J connectivity index is 1.81. The number of aliphatic carboxylic acids is 1. The average Bonchev–Trinajstić information content (AvgIpc) is 3.31. The maximum atomic E-state index is 12.5. The number of likely N-dealkylation sites (N-methyl/N-ethyl adjacent to an activating group) is 1. The summed E-state index contributed by atoms with van der Waals surface area (Å²) in [5.74, 6) is -0.487. The van der Waals surface area contributed by atoms with Crippen LogP contribution in [0.2, 0.25) is 0 Å². The minimum absolute atomic E-state index is 0.0950. The first kappa shape index (κ1) is 23.0. The van der Waals surface area contributed by atoms with Crippen molar-refractivity contribution in [1.29, 1.82) is 0 Å². The highest BCUT2D eigenvalue weighted by molar-refractivity contribution is 7.83. The number of nitrogens with zero attached hydrogens (tertiary/aromatic N) is 3. The van der Waals surface area contributed by atoms with Gasteiger partial charge in [-0.05, 0) is 37.6 Å². The first-order valence-electron chi connectivity index (χ1n) is 9.68. The molecule has 11 nitrogen and oxygen atoms in total. The average molecular weight is 462 g/mol. The van der Waals surface area contributed by atoms with E-state index in [4.69, 9.17) is 9.52 Å². The number of para-hydroxylation sites is 1. The lowest BCUT2D eigenvalue weighted by atomic mass is 10.1. The molecule has 1 unspecified atom stereocenters. The minimum Gasteiger partial charge on any atom is -0.505 e. The van der Waals surface area contributed by atoms with Crippen LogP contribution in [0, 0.1) is 6.92 Å². The quantitative estimate of drug-likeness (QED) is 0.456. The summed E-state index contributed by atoms with van der Waals surface area (Å²) in [6.45, 7) is 3.26. The number of amides is 1. The highest BCUT2D eigenvalue weighted by Crippen LogP contribution is 2.29. The van der Waals surface area contributed by atoms with Gasteiger partial charge in [-0.2, -0.15) is 0 Å². The molecule has 1 aromatic heterocycles. The summed E-state index contributed by atoms with van der Waals surface area (Å²) in [6.07, 6.45) is 0.650. The zero-order valence-corrected chi connectivity index (χ0v) is 18.5. The highest BCUT2D eigenvalue weighted by atomic mass is 32.2. The summed E-state index contributed by atoms with van der Waals surface area (Å²) in [4.78, 5) is 24.3. The number of carbonyl (C=O) groups is 2. The first-order chi connectivity index (χ1) is 15.2. The molecule has 1 aliphatic rings. The van der Waals surface area contributed by atoms with Crippen LogP contribution in [0.4, 0.5) is 5.69 Å². The molecule has 0 fully saturated rings. The Bertz CT molecular complexity index is 1130. The van der Waals surface area contributed by atoms with E-state index in [1.165, 1.54) is 25.2 Å². The Morgan fingerprint density at radius 3 is 2.56 bits per heavy atom. The number of nitrogens with one attached hydrogen (secondary N) is 2. The van der Waals surface area contributed by atoms with E-state index in [-0.39, 0.29) is 29.0 Å². The lowest BCUT2D eigenvalue weighted by Crippen LogP contribution is -2.36. The van der Waals surface area contributed by atoms with Gasteiger partial charge in [0.25, 0.3) is 17.1 Å². The van der Waals surface area contributed by atoms with Gasteiger partial charge in [0.05, 0.1) is 17.3 Å². The zero-order valence-electron chi connectivity index (χ0n) is 17.7. The van der Waals surface area contributed by atoms with E-state index in [0.717, 1.165) is 10.7 Å². The molecule has 2 heterocycles. The Hall–Kier alpha value is -3.67. The fraction of sp³-hybridized carbons (Fsp3) is 0.300. The maximum Gasteiger partial charge on any atom is 0.323 e. The van der Waals surface area contributed by atoms with Gasteiger partial charge in [-0.25, -0.2) is 4.21 Å². The Labute approximate surface area is 186 Å². The van der Waals surface area contributed by atoms with Gasteiger partial charge in [0.2, 0.25) is 0 Å². The number of phenolic OH excluding ortho intramolecular Hbond substituents is 1. The lowest BCUT2D eigenvalue weighted by Gasteiger charge is -2.19. The minimum atomic E-state index is -1.86. The topological polar surface area (TPSA) is 157 Å². The van der Waals surface area contributed by atoms with E-state index in [1.807, 2.05) is 26.0 Å². The van der Waals surface area contributed by atoms with Crippen molar-refractivity contribution < 1.29 is 28.4 Å². The third kappa shape index (κ3) is 5.14. The van der Waals surface area contributed by atoms with E-state index in [0.29, 0.717) is 12.2 Å². The predicted molar refractivity (Wildman–Crippen MR) is 119 cm³/mol. The molecule has 1 aromatic carbocycles. The molecule has 3 rings (SSSR count). The van der Waals surface area contributed by atoms with Crippen LogP contribution in [-0.4, -0.2) is 56.5 Å². The van der Waals surface area contributed by atoms with Crippen molar-refractivity contribution in [2.24, 2.45) is 8.80 Å². The van der Waals surface area contributed by atoms with Crippen LogP contribution in [-0.2, 0) is 16.0 Å². The monoisotopic (exact) mass is 461 g/mol.